The summed E-state index contributed by atoms with van der Waals surface area (Å²) >= 11 is 7.49. The van der Waals surface area contributed by atoms with Crippen molar-refractivity contribution in [1.82, 2.24) is 9.36 Å². The topological polar surface area (TPSA) is 29.0 Å². The van der Waals surface area contributed by atoms with Crippen molar-refractivity contribution in [3.8, 4) is 0 Å². The number of halogens is 1. The van der Waals surface area contributed by atoms with Crippen molar-refractivity contribution in [1.29, 1.82) is 0 Å². The van der Waals surface area contributed by atoms with Gasteiger partial charge in [-0.2, -0.15) is 4.37 Å². The third kappa shape index (κ3) is 1.94. The first-order valence-corrected chi connectivity index (χ1v) is 5.72. The van der Waals surface area contributed by atoms with Crippen LogP contribution >= 0.6 is 23.1 Å². The molecule has 3 nitrogen and oxygen atoms in total. The maximum absolute atomic E-state index is 6.01. The van der Waals surface area contributed by atoms with Gasteiger partial charge in [-0.1, -0.05) is 6.92 Å². The molecule has 0 spiro atoms. The van der Waals surface area contributed by atoms with Gasteiger partial charge in [-0.05, 0) is 6.42 Å². The van der Waals surface area contributed by atoms with E-state index in [9.17, 15) is 0 Å². The third-order valence-electron chi connectivity index (χ3n) is 2.17. The summed E-state index contributed by atoms with van der Waals surface area (Å²) in [6.07, 6.45) is 1.97. The SMILES string of the molecule is CCc1nsc(N2CCC(Cl)C2)n1. The lowest BCUT2D eigenvalue weighted by Crippen LogP contribution is -2.19. The van der Waals surface area contributed by atoms with E-state index in [1.165, 1.54) is 11.5 Å². The molecule has 0 N–H and O–H groups in total. The van der Waals surface area contributed by atoms with E-state index in [2.05, 4.69) is 21.2 Å². The minimum atomic E-state index is 0.286. The van der Waals surface area contributed by atoms with Crippen LogP contribution in [0.4, 0.5) is 5.13 Å². The zero-order valence-corrected chi connectivity index (χ0v) is 9.11. The van der Waals surface area contributed by atoms with Gasteiger partial charge in [0.05, 0.1) is 5.38 Å². The average Bonchev–Trinajstić information content (AvgIpc) is 2.71. The van der Waals surface area contributed by atoms with E-state index in [0.29, 0.717) is 0 Å². The Morgan fingerprint density at radius 2 is 2.54 bits per heavy atom. The molecule has 0 bridgehead atoms. The largest absolute Gasteiger partial charge is 0.345 e. The highest BCUT2D eigenvalue weighted by Gasteiger charge is 2.22. The molecule has 0 aliphatic carbocycles. The van der Waals surface area contributed by atoms with Crippen molar-refractivity contribution < 1.29 is 0 Å². The molecule has 1 aliphatic rings. The van der Waals surface area contributed by atoms with E-state index >= 15 is 0 Å². The molecule has 1 saturated heterocycles. The first kappa shape index (κ1) is 9.21. The van der Waals surface area contributed by atoms with Gasteiger partial charge >= 0.3 is 0 Å². The average molecular weight is 218 g/mol. The van der Waals surface area contributed by atoms with Gasteiger partial charge in [-0.3, -0.25) is 0 Å². The highest BCUT2D eigenvalue weighted by atomic mass is 35.5. The number of alkyl halides is 1. The molecule has 2 heterocycles. The van der Waals surface area contributed by atoms with Crippen LogP contribution in [0.3, 0.4) is 0 Å². The Labute approximate surface area is 86.9 Å². The molecule has 5 heteroatoms. The van der Waals surface area contributed by atoms with Gasteiger partial charge < -0.3 is 4.90 Å². The van der Waals surface area contributed by atoms with Crippen LogP contribution in [0, 0.1) is 0 Å². The molecule has 1 aromatic rings. The molecule has 0 amide bonds. The minimum absolute atomic E-state index is 0.286. The van der Waals surface area contributed by atoms with E-state index in [1.807, 2.05) is 0 Å². The standard InChI is InChI=1S/C8H12ClN3S/c1-2-7-10-8(13-11-7)12-4-3-6(9)5-12/h6H,2-5H2,1H3. The van der Waals surface area contributed by atoms with E-state index in [0.717, 1.165) is 36.9 Å². The number of aryl methyl sites for hydroxylation is 1. The van der Waals surface area contributed by atoms with Crippen LogP contribution in [0.2, 0.25) is 0 Å². The highest BCUT2D eigenvalue weighted by Crippen LogP contribution is 2.24. The smallest absolute Gasteiger partial charge is 0.205 e. The number of hydrogen-bond acceptors (Lipinski definition) is 4. The first-order valence-electron chi connectivity index (χ1n) is 4.51. The fourth-order valence-electron chi connectivity index (χ4n) is 1.41. The van der Waals surface area contributed by atoms with Crippen molar-refractivity contribution in [3.63, 3.8) is 0 Å². The van der Waals surface area contributed by atoms with E-state index < -0.39 is 0 Å². The van der Waals surface area contributed by atoms with Crippen LogP contribution in [0.25, 0.3) is 0 Å². The summed E-state index contributed by atoms with van der Waals surface area (Å²) in [4.78, 5) is 6.64. The molecular formula is C8H12ClN3S. The number of anilines is 1. The van der Waals surface area contributed by atoms with E-state index in [-0.39, 0.29) is 5.38 Å². The molecule has 72 valence electrons. The molecule has 0 aromatic carbocycles. The molecule has 2 rings (SSSR count). The summed E-state index contributed by atoms with van der Waals surface area (Å²) in [5.41, 5.74) is 0. The lowest BCUT2D eigenvalue weighted by molar-refractivity contribution is 0.929. The second-order valence-corrected chi connectivity index (χ2v) is 4.53. The van der Waals surface area contributed by atoms with Crippen LogP contribution in [-0.4, -0.2) is 27.8 Å². The van der Waals surface area contributed by atoms with Gasteiger partial charge in [-0.25, -0.2) is 4.98 Å². The molecular weight excluding hydrogens is 206 g/mol. The van der Waals surface area contributed by atoms with Crippen molar-refractivity contribution >= 4 is 28.3 Å². The van der Waals surface area contributed by atoms with Crippen LogP contribution in [0.1, 0.15) is 19.2 Å². The number of aromatic nitrogens is 2. The van der Waals surface area contributed by atoms with E-state index in [1.54, 1.807) is 0 Å². The lowest BCUT2D eigenvalue weighted by atomic mass is 10.4. The first-order chi connectivity index (χ1) is 6.29. The molecule has 1 aromatic heterocycles. The quantitative estimate of drug-likeness (QED) is 0.709. The number of rotatable bonds is 2. The second kappa shape index (κ2) is 3.80. The van der Waals surface area contributed by atoms with E-state index in [4.69, 9.17) is 11.6 Å². The zero-order valence-electron chi connectivity index (χ0n) is 7.53. The summed E-state index contributed by atoms with van der Waals surface area (Å²) in [6, 6.07) is 0. The third-order valence-corrected chi connectivity index (χ3v) is 3.35. The van der Waals surface area contributed by atoms with Crippen molar-refractivity contribution in [2.75, 3.05) is 18.0 Å². The molecule has 1 atom stereocenters. The van der Waals surface area contributed by atoms with Crippen LogP contribution in [-0.2, 0) is 6.42 Å². The predicted molar refractivity (Wildman–Crippen MR) is 55.8 cm³/mol. The maximum atomic E-state index is 6.01. The minimum Gasteiger partial charge on any atom is -0.345 e. The fraction of sp³-hybridized carbons (Fsp3) is 0.750. The van der Waals surface area contributed by atoms with Crippen molar-refractivity contribution in [3.05, 3.63) is 5.82 Å². The van der Waals surface area contributed by atoms with Gasteiger partial charge in [0.15, 0.2) is 0 Å². The highest BCUT2D eigenvalue weighted by molar-refractivity contribution is 7.09. The maximum Gasteiger partial charge on any atom is 0.205 e. The van der Waals surface area contributed by atoms with Crippen molar-refractivity contribution in [2.24, 2.45) is 0 Å². The fourth-order valence-corrected chi connectivity index (χ4v) is 2.46. The predicted octanol–water partition coefficient (Wildman–Crippen LogP) is 1.92. The number of hydrogen-bond donors (Lipinski definition) is 0. The second-order valence-electron chi connectivity index (χ2n) is 3.18. The van der Waals surface area contributed by atoms with Gasteiger partial charge in [0.25, 0.3) is 0 Å². The Kier molecular flexibility index (Phi) is 2.69. The van der Waals surface area contributed by atoms with Crippen LogP contribution in [0.15, 0.2) is 0 Å². The lowest BCUT2D eigenvalue weighted by Gasteiger charge is -2.11. The molecule has 0 radical (unpaired) electrons. The monoisotopic (exact) mass is 217 g/mol. The van der Waals surface area contributed by atoms with Crippen molar-refractivity contribution in [2.45, 2.75) is 25.1 Å². The van der Waals surface area contributed by atoms with Crippen LogP contribution < -0.4 is 4.90 Å². The molecule has 1 unspecified atom stereocenters. The Morgan fingerprint density at radius 1 is 1.69 bits per heavy atom. The number of nitrogens with zero attached hydrogens (tertiary/aromatic N) is 3. The Hall–Kier alpha value is -0.350. The summed E-state index contributed by atoms with van der Waals surface area (Å²) in [5.74, 6) is 0.943. The normalized spacial score (nSPS) is 22.6. The summed E-state index contributed by atoms with van der Waals surface area (Å²) < 4.78 is 4.25. The van der Waals surface area contributed by atoms with Gasteiger partial charge in [-0.15, -0.1) is 11.6 Å². The van der Waals surface area contributed by atoms with Gasteiger partial charge in [0.2, 0.25) is 5.13 Å². The zero-order chi connectivity index (χ0) is 9.26. The summed E-state index contributed by atoms with van der Waals surface area (Å²) in [7, 11) is 0. The Bertz CT molecular complexity index is 289. The molecule has 1 fully saturated rings. The molecule has 1 aliphatic heterocycles. The molecule has 13 heavy (non-hydrogen) atoms. The Balaban J connectivity index is 2.08. The van der Waals surface area contributed by atoms with Gasteiger partial charge in [0.1, 0.15) is 5.82 Å². The Morgan fingerprint density at radius 3 is 3.08 bits per heavy atom. The van der Waals surface area contributed by atoms with Crippen LogP contribution in [0.5, 0.6) is 0 Å². The molecule has 0 saturated carbocycles. The van der Waals surface area contributed by atoms with Gasteiger partial charge in [0, 0.05) is 31.0 Å². The summed E-state index contributed by atoms with van der Waals surface area (Å²) in [6.45, 7) is 4.01. The summed E-state index contributed by atoms with van der Waals surface area (Å²) in [5, 5.41) is 1.31.